The zero-order chi connectivity index (χ0) is 22.2. The molecular formula is C27H29N3O2. The highest BCUT2D eigenvalue weighted by Crippen LogP contribution is 2.18. The van der Waals surface area contributed by atoms with Gasteiger partial charge in [0.1, 0.15) is 11.6 Å². The summed E-state index contributed by atoms with van der Waals surface area (Å²) >= 11 is 0. The topological polar surface area (TPSA) is 56.1 Å². The molecule has 0 atom stereocenters. The fraction of sp³-hybridized carbons (Fsp3) is 0.259. The summed E-state index contributed by atoms with van der Waals surface area (Å²) in [4.78, 5) is 17.1. The summed E-state index contributed by atoms with van der Waals surface area (Å²) in [6.45, 7) is 4.19. The molecule has 0 radical (unpaired) electrons. The van der Waals surface area contributed by atoms with Gasteiger partial charge in [-0.1, -0.05) is 42.5 Å². The molecule has 0 spiro atoms. The number of para-hydroxylation sites is 2. The average molecular weight is 428 g/mol. The molecule has 32 heavy (non-hydrogen) atoms. The van der Waals surface area contributed by atoms with Crippen LogP contribution in [-0.4, -0.2) is 28.6 Å². The van der Waals surface area contributed by atoms with Crippen LogP contribution in [0.15, 0.2) is 78.9 Å². The van der Waals surface area contributed by atoms with Gasteiger partial charge in [-0.3, -0.25) is 4.79 Å². The first-order valence-electron chi connectivity index (χ1n) is 11.2. The number of imidazole rings is 1. The van der Waals surface area contributed by atoms with Gasteiger partial charge in [0.25, 0.3) is 5.91 Å². The molecule has 164 valence electrons. The van der Waals surface area contributed by atoms with Crippen molar-refractivity contribution < 1.29 is 9.53 Å². The van der Waals surface area contributed by atoms with Crippen LogP contribution in [0.4, 0.5) is 0 Å². The Hall–Kier alpha value is -3.60. The van der Waals surface area contributed by atoms with Crippen molar-refractivity contribution in [2.75, 3.05) is 13.2 Å². The fourth-order valence-electron chi connectivity index (χ4n) is 3.82. The van der Waals surface area contributed by atoms with Gasteiger partial charge in [0.2, 0.25) is 0 Å². The third kappa shape index (κ3) is 5.55. The summed E-state index contributed by atoms with van der Waals surface area (Å²) in [6.07, 6.45) is 2.54. The van der Waals surface area contributed by atoms with E-state index in [1.807, 2.05) is 54.6 Å². The Kier molecular flexibility index (Phi) is 7.18. The van der Waals surface area contributed by atoms with Crippen molar-refractivity contribution >= 4 is 16.9 Å². The number of nitrogens with zero attached hydrogens (tertiary/aromatic N) is 2. The third-order valence-electron chi connectivity index (χ3n) is 5.42. The third-order valence-corrected chi connectivity index (χ3v) is 5.42. The smallest absolute Gasteiger partial charge is 0.251 e. The lowest BCUT2D eigenvalue weighted by atomic mass is 10.2. The van der Waals surface area contributed by atoms with Gasteiger partial charge in [-0.15, -0.1) is 0 Å². The number of carbonyl (C=O) groups excluding carboxylic acids is 1. The summed E-state index contributed by atoms with van der Waals surface area (Å²) in [6, 6.07) is 25.7. The van der Waals surface area contributed by atoms with E-state index in [4.69, 9.17) is 9.72 Å². The van der Waals surface area contributed by atoms with E-state index in [9.17, 15) is 4.79 Å². The number of aryl methyl sites for hydroxylation is 3. The van der Waals surface area contributed by atoms with Crippen LogP contribution in [0, 0.1) is 6.92 Å². The molecule has 1 heterocycles. The van der Waals surface area contributed by atoms with Gasteiger partial charge in [0, 0.05) is 25.1 Å². The molecule has 0 aliphatic carbocycles. The number of aromatic nitrogens is 2. The molecule has 3 aromatic carbocycles. The van der Waals surface area contributed by atoms with Gasteiger partial charge in [-0.25, -0.2) is 4.98 Å². The second-order valence-electron chi connectivity index (χ2n) is 7.91. The summed E-state index contributed by atoms with van der Waals surface area (Å²) in [5.74, 6) is 1.93. The lowest BCUT2D eigenvalue weighted by Crippen LogP contribution is -2.24. The van der Waals surface area contributed by atoms with Crippen LogP contribution in [-0.2, 0) is 13.0 Å². The molecule has 0 saturated carbocycles. The largest absolute Gasteiger partial charge is 0.494 e. The highest BCUT2D eigenvalue weighted by atomic mass is 16.5. The van der Waals surface area contributed by atoms with Gasteiger partial charge in [-0.05, 0) is 61.7 Å². The van der Waals surface area contributed by atoms with E-state index in [1.165, 1.54) is 5.56 Å². The van der Waals surface area contributed by atoms with Crippen LogP contribution in [0.25, 0.3) is 11.0 Å². The highest BCUT2D eigenvalue weighted by Gasteiger charge is 2.11. The number of ether oxygens (including phenoxy) is 1. The number of nitrogens with one attached hydrogen (secondary N) is 1. The lowest BCUT2D eigenvalue weighted by molar-refractivity contribution is 0.0953. The molecule has 1 aromatic heterocycles. The van der Waals surface area contributed by atoms with Crippen molar-refractivity contribution in [3.63, 3.8) is 0 Å². The van der Waals surface area contributed by atoms with Crippen LogP contribution >= 0.6 is 0 Å². The first-order valence-corrected chi connectivity index (χ1v) is 11.2. The number of benzene rings is 3. The van der Waals surface area contributed by atoms with Gasteiger partial charge in [0.15, 0.2) is 0 Å². The zero-order valence-corrected chi connectivity index (χ0v) is 18.5. The van der Waals surface area contributed by atoms with E-state index in [0.717, 1.165) is 48.4 Å². The molecular weight excluding hydrogens is 398 g/mol. The Morgan fingerprint density at radius 3 is 2.62 bits per heavy atom. The zero-order valence-electron chi connectivity index (χ0n) is 18.5. The van der Waals surface area contributed by atoms with E-state index in [2.05, 4.69) is 41.1 Å². The minimum atomic E-state index is -0.0348. The van der Waals surface area contributed by atoms with Gasteiger partial charge in [-0.2, -0.15) is 0 Å². The summed E-state index contributed by atoms with van der Waals surface area (Å²) in [5.41, 5.74) is 4.04. The molecule has 0 saturated heterocycles. The van der Waals surface area contributed by atoms with Gasteiger partial charge >= 0.3 is 0 Å². The Bertz CT molecular complexity index is 1170. The van der Waals surface area contributed by atoms with E-state index in [1.54, 1.807) is 0 Å². The van der Waals surface area contributed by atoms with Crippen molar-refractivity contribution in [3.05, 3.63) is 95.8 Å². The molecule has 1 amide bonds. The molecule has 0 unspecified atom stereocenters. The molecule has 0 aliphatic rings. The number of hydrogen-bond donors (Lipinski definition) is 1. The molecule has 5 heteroatoms. The minimum Gasteiger partial charge on any atom is -0.494 e. The van der Waals surface area contributed by atoms with Crippen LogP contribution in [0.1, 0.15) is 34.6 Å². The normalized spacial score (nSPS) is 10.9. The molecule has 4 aromatic rings. The van der Waals surface area contributed by atoms with Crippen molar-refractivity contribution in [2.45, 2.75) is 32.7 Å². The number of carbonyl (C=O) groups is 1. The maximum absolute atomic E-state index is 12.2. The number of fused-ring (bicyclic) bond motifs is 1. The SMILES string of the molecule is Cc1cccc(OCCCn2c(CCCNC(=O)c3ccccc3)nc3ccccc32)c1. The van der Waals surface area contributed by atoms with Crippen molar-refractivity contribution in [3.8, 4) is 5.75 Å². The van der Waals surface area contributed by atoms with Crippen molar-refractivity contribution in [1.29, 1.82) is 0 Å². The van der Waals surface area contributed by atoms with Crippen LogP contribution in [0.5, 0.6) is 5.75 Å². The maximum Gasteiger partial charge on any atom is 0.251 e. The summed E-state index contributed by atoms with van der Waals surface area (Å²) in [5, 5.41) is 3.00. The molecule has 4 rings (SSSR count). The van der Waals surface area contributed by atoms with Crippen molar-refractivity contribution in [2.24, 2.45) is 0 Å². The van der Waals surface area contributed by atoms with Gasteiger partial charge < -0.3 is 14.6 Å². The quantitative estimate of drug-likeness (QED) is 0.355. The van der Waals surface area contributed by atoms with E-state index in [0.29, 0.717) is 18.7 Å². The Morgan fingerprint density at radius 1 is 0.969 bits per heavy atom. The highest BCUT2D eigenvalue weighted by molar-refractivity contribution is 5.94. The monoisotopic (exact) mass is 427 g/mol. The second kappa shape index (κ2) is 10.6. The number of rotatable bonds is 10. The Balaban J connectivity index is 1.33. The molecule has 1 N–H and O–H groups in total. The first-order chi connectivity index (χ1) is 15.7. The van der Waals surface area contributed by atoms with E-state index < -0.39 is 0 Å². The van der Waals surface area contributed by atoms with Crippen molar-refractivity contribution in [1.82, 2.24) is 14.9 Å². The molecule has 5 nitrogen and oxygen atoms in total. The van der Waals surface area contributed by atoms with E-state index in [-0.39, 0.29) is 5.91 Å². The summed E-state index contributed by atoms with van der Waals surface area (Å²) in [7, 11) is 0. The first kappa shape index (κ1) is 21.6. The predicted octanol–water partition coefficient (Wildman–Crippen LogP) is 5.18. The van der Waals surface area contributed by atoms with Crippen LogP contribution < -0.4 is 10.1 Å². The molecule has 0 bridgehead atoms. The maximum atomic E-state index is 12.2. The van der Waals surface area contributed by atoms with Crippen LogP contribution in [0.2, 0.25) is 0 Å². The standard InChI is InChI=1S/C27H29N3O2/c1-21-10-7-13-23(20-21)32-19-9-18-30-25-15-6-5-14-24(25)29-26(30)16-8-17-28-27(31)22-11-3-2-4-12-22/h2-7,10-15,20H,8-9,16-19H2,1H3,(H,28,31). The minimum absolute atomic E-state index is 0.0348. The predicted molar refractivity (Wildman–Crippen MR) is 128 cm³/mol. The molecule has 0 fully saturated rings. The van der Waals surface area contributed by atoms with E-state index >= 15 is 0 Å². The number of amides is 1. The Morgan fingerprint density at radius 2 is 1.78 bits per heavy atom. The fourth-order valence-corrected chi connectivity index (χ4v) is 3.82. The number of hydrogen-bond acceptors (Lipinski definition) is 3. The second-order valence-corrected chi connectivity index (χ2v) is 7.91. The van der Waals surface area contributed by atoms with Gasteiger partial charge in [0.05, 0.1) is 17.6 Å². The Labute approximate surface area is 189 Å². The van der Waals surface area contributed by atoms with Crippen LogP contribution in [0.3, 0.4) is 0 Å². The molecule has 0 aliphatic heterocycles. The lowest BCUT2D eigenvalue weighted by Gasteiger charge is -2.11. The summed E-state index contributed by atoms with van der Waals surface area (Å²) < 4.78 is 8.21. The average Bonchev–Trinajstić information content (AvgIpc) is 3.17.